The number of Topliss-reactive ketones (excluding diaryl/α,β-unsaturated/α-hetero) is 1. The van der Waals surface area contributed by atoms with Gasteiger partial charge in [-0.1, -0.05) is 85.9 Å². The van der Waals surface area contributed by atoms with Crippen molar-refractivity contribution >= 4 is 69.6 Å². The van der Waals surface area contributed by atoms with Crippen LogP contribution in [0.15, 0.2) is 102 Å². The monoisotopic (exact) mass is 1140 g/mol. The van der Waals surface area contributed by atoms with Crippen LogP contribution in [0.2, 0.25) is 15.1 Å². The Morgan fingerprint density at radius 2 is 1.58 bits per heavy atom. The molecule has 414 valence electrons. The fourth-order valence-corrected chi connectivity index (χ4v) is 10.3. The molecule has 79 heavy (non-hydrogen) atoms. The second kappa shape index (κ2) is 26.2. The molecule has 2 amide bonds. The summed E-state index contributed by atoms with van der Waals surface area (Å²) < 4.78 is 37.9. The number of anilines is 1. The minimum absolute atomic E-state index is 0.105. The van der Waals surface area contributed by atoms with Crippen molar-refractivity contribution in [1.82, 2.24) is 25.2 Å². The molecule has 4 aromatic carbocycles. The van der Waals surface area contributed by atoms with Crippen molar-refractivity contribution in [1.29, 1.82) is 0 Å². The average molecular weight is 1140 g/mol. The van der Waals surface area contributed by atoms with Crippen LogP contribution >= 0.6 is 34.8 Å². The van der Waals surface area contributed by atoms with Crippen LogP contribution in [0.3, 0.4) is 0 Å². The third-order valence-electron chi connectivity index (χ3n) is 13.4. The molecular formula is C58H60Cl3FN8O9. The summed E-state index contributed by atoms with van der Waals surface area (Å²) in [6.07, 6.45) is 4.26. The van der Waals surface area contributed by atoms with E-state index in [-0.39, 0.29) is 91.6 Å². The summed E-state index contributed by atoms with van der Waals surface area (Å²) in [6.45, 7) is 7.86. The first kappa shape index (κ1) is 58.1. The van der Waals surface area contributed by atoms with Crippen molar-refractivity contribution in [3.63, 3.8) is 0 Å². The molecule has 0 radical (unpaired) electrons. The fourth-order valence-electron chi connectivity index (χ4n) is 9.86. The van der Waals surface area contributed by atoms with Crippen molar-refractivity contribution < 1.29 is 42.6 Å². The van der Waals surface area contributed by atoms with Gasteiger partial charge in [0.25, 0.3) is 0 Å². The van der Waals surface area contributed by atoms with Gasteiger partial charge >= 0.3 is 5.69 Å². The molecule has 2 aromatic heterocycles. The van der Waals surface area contributed by atoms with Crippen molar-refractivity contribution in [3.8, 4) is 22.8 Å². The molecule has 0 bridgehead atoms. The number of hydrogen-bond acceptors (Lipinski definition) is 14. The number of piperazine rings is 1. The van der Waals surface area contributed by atoms with E-state index in [2.05, 4.69) is 36.1 Å². The molecule has 1 N–H and O–H groups in total. The first-order valence-corrected chi connectivity index (χ1v) is 26.8. The third-order valence-corrected chi connectivity index (χ3v) is 14.1. The number of nitro groups is 1. The molecule has 0 spiro atoms. The van der Waals surface area contributed by atoms with Crippen LogP contribution in [0, 0.1) is 21.3 Å². The van der Waals surface area contributed by atoms with Gasteiger partial charge in [-0.25, -0.2) is 19.3 Å². The van der Waals surface area contributed by atoms with Gasteiger partial charge in [-0.05, 0) is 77.9 Å². The number of nitrogens with one attached hydrogen (secondary N) is 1. The maximum atomic E-state index is 15.4. The molecule has 21 heteroatoms. The van der Waals surface area contributed by atoms with Gasteiger partial charge in [0.2, 0.25) is 17.6 Å². The molecule has 1 fully saturated rings. The van der Waals surface area contributed by atoms with Gasteiger partial charge in [-0.3, -0.25) is 29.5 Å². The van der Waals surface area contributed by atoms with Crippen LogP contribution in [0.5, 0.6) is 11.5 Å². The van der Waals surface area contributed by atoms with Crippen molar-refractivity contribution in [2.75, 3.05) is 65.2 Å². The molecule has 6 aromatic rings. The highest BCUT2D eigenvalue weighted by Crippen LogP contribution is 2.42. The maximum absolute atomic E-state index is 15.4. The van der Waals surface area contributed by atoms with Crippen LogP contribution in [0.1, 0.15) is 96.5 Å². The van der Waals surface area contributed by atoms with Crippen molar-refractivity contribution in [2.24, 2.45) is 10.4 Å². The van der Waals surface area contributed by atoms with Gasteiger partial charge in [0.15, 0.2) is 5.78 Å². The van der Waals surface area contributed by atoms with E-state index in [1.807, 2.05) is 29.2 Å². The number of ether oxygens (including phenoxy) is 4. The number of fused-ring (bicyclic) bond motifs is 3. The number of benzene rings is 4. The fraction of sp³-hybridized carbons (Fsp3) is 0.362. The van der Waals surface area contributed by atoms with Crippen LogP contribution in [-0.2, 0) is 32.0 Å². The Balaban J connectivity index is 0.779. The number of ketones is 1. The molecule has 17 nitrogen and oxygen atoms in total. The van der Waals surface area contributed by atoms with Gasteiger partial charge in [-0.2, -0.15) is 0 Å². The van der Waals surface area contributed by atoms with E-state index in [0.29, 0.717) is 75.8 Å². The largest absolute Gasteiger partial charge is 0.496 e. The molecule has 2 aliphatic rings. The molecule has 4 heterocycles. The second-order valence-corrected chi connectivity index (χ2v) is 21.6. The van der Waals surface area contributed by atoms with Gasteiger partial charge in [-0.15, -0.1) is 0 Å². The quantitative estimate of drug-likeness (QED) is 0.0221. The Labute approximate surface area is 472 Å². The number of hydrogen-bond donors (Lipinski definition) is 1. The number of aromatic nitrogens is 3. The molecule has 0 aliphatic carbocycles. The minimum Gasteiger partial charge on any atom is -0.496 e. The zero-order valence-electron chi connectivity index (χ0n) is 44.4. The first-order valence-electron chi connectivity index (χ1n) is 25.7. The standard InChI is InChI=1S/C58H60Cl3FN8O9/c1-58(2,3)29-41-33-68(34-47(36-12-14-38(59)15-13-36)69(41)57-46(70(74)75)27-40(61)32-66-57)53(73)28-52(72)63-19-21-79-23-22-78-20-7-9-48(71)43-17-11-35(24-50(43)77-5)25-51-64-30-37-31-65-56(54-45(62)8-6-10-49(54)76-4)44-26-39(60)16-18-42(44)55(37)67-51/h6,8,10-18,24,26-27,30,32,41,47H,7,9,19-23,25,28-29,31,33-34H2,1-5H3,(H,63,72)/t41?,47-/m0/s1. The van der Waals surface area contributed by atoms with E-state index in [1.165, 1.54) is 32.5 Å². The predicted octanol–water partition coefficient (Wildman–Crippen LogP) is 10.9. The number of carbonyl (C=O) groups excluding carboxylic acids is 3. The molecule has 8 rings (SSSR count). The summed E-state index contributed by atoms with van der Waals surface area (Å²) in [7, 11) is 3.00. The number of carbonyl (C=O) groups is 3. The van der Waals surface area contributed by atoms with E-state index in [4.69, 9.17) is 63.7 Å². The van der Waals surface area contributed by atoms with Crippen molar-refractivity contribution in [2.45, 2.75) is 71.5 Å². The zero-order valence-corrected chi connectivity index (χ0v) is 46.7. The van der Waals surface area contributed by atoms with E-state index in [1.54, 1.807) is 59.6 Å². The Morgan fingerprint density at radius 1 is 0.835 bits per heavy atom. The third kappa shape index (κ3) is 14.6. The molecule has 2 aliphatic heterocycles. The highest BCUT2D eigenvalue weighted by atomic mass is 35.5. The number of halogens is 4. The van der Waals surface area contributed by atoms with Crippen LogP contribution < -0.4 is 19.7 Å². The number of methoxy groups -OCH3 is 2. The van der Waals surface area contributed by atoms with Crippen LogP contribution in [0.4, 0.5) is 15.9 Å². The van der Waals surface area contributed by atoms with E-state index >= 15 is 4.39 Å². The lowest BCUT2D eigenvalue weighted by Crippen LogP contribution is -2.58. The number of rotatable bonds is 22. The summed E-state index contributed by atoms with van der Waals surface area (Å²) in [5.74, 6) is -0.0107. The summed E-state index contributed by atoms with van der Waals surface area (Å²) in [4.78, 5) is 74.5. The second-order valence-electron chi connectivity index (χ2n) is 20.3. The maximum Gasteiger partial charge on any atom is 0.313 e. The lowest BCUT2D eigenvalue weighted by atomic mass is 9.84. The summed E-state index contributed by atoms with van der Waals surface area (Å²) in [5, 5.41) is 16.2. The summed E-state index contributed by atoms with van der Waals surface area (Å²) in [5.41, 5.74) is 4.90. The SMILES string of the molecule is COc1cc(Cc2ncc3c(n2)-c2ccc(Cl)cc2C(c2c(F)cccc2OC)=NC3)ccc1C(=O)CCCOCCOCCNC(=O)CC(=O)N1CC(CC(C)(C)C)N(c2ncc(Cl)cc2[N+](=O)[O-])[C@H](c2ccc(Cl)cc2)C1. The molecule has 1 unspecified atom stereocenters. The highest BCUT2D eigenvalue weighted by molar-refractivity contribution is 6.32. The van der Waals surface area contributed by atoms with E-state index in [9.17, 15) is 24.5 Å². The average Bonchev–Trinajstić information content (AvgIpc) is 3.75. The Hall–Kier alpha value is -7.09. The van der Waals surface area contributed by atoms with Crippen LogP contribution in [-0.4, -0.2) is 114 Å². The summed E-state index contributed by atoms with van der Waals surface area (Å²) >= 11 is 18.9. The zero-order chi connectivity index (χ0) is 56.4. The summed E-state index contributed by atoms with van der Waals surface area (Å²) in [6, 6.07) is 22.8. The van der Waals surface area contributed by atoms with E-state index < -0.39 is 35.2 Å². The lowest BCUT2D eigenvalue weighted by Gasteiger charge is -2.49. The normalized spacial score (nSPS) is 15.1. The minimum atomic E-state index is -0.562. The molecule has 1 saturated heterocycles. The Kier molecular flexibility index (Phi) is 19.3. The molecule has 2 atom stereocenters. The Morgan fingerprint density at radius 3 is 2.32 bits per heavy atom. The molecular weight excluding hydrogens is 1080 g/mol. The topological polar surface area (TPSA) is 201 Å². The smallest absolute Gasteiger partial charge is 0.313 e. The van der Waals surface area contributed by atoms with E-state index in [0.717, 1.165) is 22.3 Å². The van der Waals surface area contributed by atoms with Gasteiger partial charge in [0, 0.05) is 90.3 Å². The van der Waals surface area contributed by atoms with Gasteiger partial charge in [0.05, 0.1) is 79.1 Å². The predicted molar refractivity (Wildman–Crippen MR) is 300 cm³/mol. The number of nitrogens with zero attached hydrogens (tertiary/aromatic N) is 7. The Bertz CT molecular complexity index is 3250. The lowest BCUT2D eigenvalue weighted by molar-refractivity contribution is -0.384. The molecule has 0 saturated carbocycles. The number of pyridine rings is 1. The number of aliphatic imine (C=N–C) groups is 1. The van der Waals surface area contributed by atoms with Gasteiger partial charge < -0.3 is 34.1 Å². The van der Waals surface area contributed by atoms with Gasteiger partial charge in [0.1, 0.15) is 29.6 Å². The first-order chi connectivity index (χ1) is 37.9. The highest BCUT2D eigenvalue weighted by Gasteiger charge is 2.42. The van der Waals surface area contributed by atoms with Crippen molar-refractivity contribution in [3.05, 3.63) is 168 Å². The number of amides is 2. The van der Waals surface area contributed by atoms with Crippen LogP contribution in [0.25, 0.3) is 11.3 Å².